The van der Waals surface area contributed by atoms with Crippen LogP contribution < -0.4 is 0 Å². The van der Waals surface area contributed by atoms with Gasteiger partial charge in [-0.25, -0.2) is 0 Å². The van der Waals surface area contributed by atoms with Crippen LogP contribution in [-0.4, -0.2) is 10.7 Å². The van der Waals surface area contributed by atoms with Crippen LogP contribution in [-0.2, 0) is 0 Å². The van der Waals surface area contributed by atoms with Gasteiger partial charge in [0.25, 0.3) is 0 Å². The van der Waals surface area contributed by atoms with Gasteiger partial charge in [0.15, 0.2) is 0 Å². The van der Waals surface area contributed by atoms with Crippen LogP contribution in [0.5, 0.6) is 0 Å². The van der Waals surface area contributed by atoms with Crippen LogP contribution >= 0.6 is 0 Å². The fraction of sp³-hybridized carbons (Fsp3) is 1.00. The molecule has 2 aliphatic carbocycles. The second-order valence-electron chi connectivity index (χ2n) is 9.94. The van der Waals surface area contributed by atoms with Crippen molar-refractivity contribution in [3.63, 3.8) is 0 Å². The molecule has 112 valence electrons. The summed E-state index contributed by atoms with van der Waals surface area (Å²) in [5, 5.41) is 10.5. The minimum atomic E-state index is -0.508. The van der Waals surface area contributed by atoms with Crippen molar-refractivity contribution >= 4 is 0 Å². The average Bonchev–Trinajstić information content (AvgIpc) is 2.68. The summed E-state index contributed by atoms with van der Waals surface area (Å²) in [5.74, 6) is 3.61. The first-order valence-electron chi connectivity index (χ1n) is 8.06. The molecule has 2 fully saturated rings. The van der Waals surface area contributed by atoms with Crippen LogP contribution in [0.4, 0.5) is 0 Å². The normalized spacial score (nSPS) is 39.9. The van der Waals surface area contributed by atoms with E-state index in [2.05, 4.69) is 41.5 Å². The summed E-state index contributed by atoms with van der Waals surface area (Å²) >= 11 is 0. The maximum absolute atomic E-state index is 10.5. The molecule has 5 atom stereocenters. The predicted molar refractivity (Wildman–Crippen MR) is 81.9 cm³/mol. The molecule has 2 saturated carbocycles. The minimum absolute atomic E-state index is 0.348. The first-order chi connectivity index (χ1) is 8.33. The van der Waals surface area contributed by atoms with Gasteiger partial charge >= 0.3 is 0 Å². The molecule has 0 aromatic rings. The Hall–Kier alpha value is -0.0400. The highest BCUT2D eigenvalue weighted by Crippen LogP contribution is 2.65. The molecule has 19 heavy (non-hydrogen) atoms. The third-order valence-corrected chi connectivity index (χ3v) is 5.91. The Morgan fingerprint density at radius 1 is 0.737 bits per heavy atom. The molecular weight excluding hydrogens is 232 g/mol. The zero-order valence-electron chi connectivity index (χ0n) is 14.2. The zero-order valence-corrected chi connectivity index (χ0v) is 14.2. The molecule has 0 aromatic carbocycles. The molecule has 0 amide bonds. The van der Waals surface area contributed by atoms with Gasteiger partial charge in [-0.05, 0) is 67.1 Å². The summed E-state index contributed by atoms with van der Waals surface area (Å²) in [7, 11) is 0. The van der Waals surface area contributed by atoms with E-state index in [0.29, 0.717) is 22.7 Å². The highest BCUT2D eigenvalue weighted by Gasteiger charge is 2.60. The number of rotatable bonds is 1. The van der Waals surface area contributed by atoms with Crippen molar-refractivity contribution in [2.75, 3.05) is 0 Å². The number of hydrogen-bond donors (Lipinski definition) is 1. The fourth-order valence-electron chi connectivity index (χ4n) is 5.60. The van der Waals surface area contributed by atoms with E-state index in [1.807, 2.05) is 13.8 Å². The lowest BCUT2D eigenvalue weighted by molar-refractivity contribution is -0.0710. The molecule has 0 aliphatic heterocycles. The standard InChI is InChI=1S/C18H34O/c1-16(2,3)14-11-9-12(15(14)17(4,5)6)13(10-11)18(7,8)19/h11-15,19H,9-10H2,1-8H3. The lowest BCUT2D eigenvalue weighted by atomic mass is 9.55. The Morgan fingerprint density at radius 3 is 1.58 bits per heavy atom. The number of aliphatic hydroxyl groups is 1. The van der Waals surface area contributed by atoms with Gasteiger partial charge in [-0.3, -0.25) is 0 Å². The molecular formula is C18H34O. The maximum atomic E-state index is 10.5. The Balaban J connectivity index is 2.35. The molecule has 2 rings (SSSR count). The summed E-state index contributed by atoms with van der Waals surface area (Å²) < 4.78 is 0. The molecule has 0 heterocycles. The molecule has 1 N–H and O–H groups in total. The third-order valence-electron chi connectivity index (χ3n) is 5.91. The van der Waals surface area contributed by atoms with Crippen LogP contribution in [0.15, 0.2) is 0 Å². The second kappa shape index (κ2) is 4.23. The van der Waals surface area contributed by atoms with Crippen LogP contribution in [0.2, 0.25) is 0 Å². The molecule has 5 unspecified atom stereocenters. The second-order valence-corrected chi connectivity index (χ2v) is 9.94. The summed E-state index contributed by atoms with van der Waals surface area (Å²) in [5.41, 5.74) is 0.231. The van der Waals surface area contributed by atoms with Gasteiger partial charge < -0.3 is 5.11 Å². The lowest BCUT2D eigenvalue weighted by Crippen LogP contribution is -2.47. The smallest absolute Gasteiger partial charge is 0.0622 e. The number of fused-ring (bicyclic) bond motifs is 2. The summed E-state index contributed by atoms with van der Waals surface area (Å²) in [6, 6.07) is 0. The van der Waals surface area contributed by atoms with Crippen molar-refractivity contribution < 1.29 is 5.11 Å². The molecule has 0 spiro atoms. The summed E-state index contributed by atoms with van der Waals surface area (Å²) in [4.78, 5) is 0. The Kier molecular flexibility index (Phi) is 3.42. The van der Waals surface area contributed by atoms with E-state index >= 15 is 0 Å². The minimum Gasteiger partial charge on any atom is -0.390 e. The molecule has 0 radical (unpaired) electrons. The molecule has 0 saturated heterocycles. The molecule has 1 nitrogen and oxygen atoms in total. The number of hydrogen-bond acceptors (Lipinski definition) is 1. The van der Waals surface area contributed by atoms with Crippen molar-refractivity contribution in [2.45, 2.75) is 73.8 Å². The van der Waals surface area contributed by atoms with E-state index in [4.69, 9.17) is 0 Å². The molecule has 0 aromatic heterocycles. The average molecular weight is 266 g/mol. The van der Waals surface area contributed by atoms with Crippen molar-refractivity contribution in [3.05, 3.63) is 0 Å². The third kappa shape index (κ3) is 2.60. The van der Waals surface area contributed by atoms with Crippen LogP contribution in [0, 0.1) is 40.4 Å². The van der Waals surface area contributed by atoms with Crippen molar-refractivity contribution in [1.29, 1.82) is 0 Å². The van der Waals surface area contributed by atoms with E-state index in [1.165, 1.54) is 12.8 Å². The molecule has 2 bridgehead atoms. The fourth-order valence-corrected chi connectivity index (χ4v) is 5.60. The van der Waals surface area contributed by atoms with Crippen molar-refractivity contribution in [1.82, 2.24) is 0 Å². The molecule has 2 aliphatic rings. The van der Waals surface area contributed by atoms with E-state index in [9.17, 15) is 5.11 Å². The lowest BCUT2D eigenvalue weighted by Gasteiger charge is -2.50. The molecule has 1 heteroatoms. The first kappa shape index (κ1) is 15.4. The van der Waals surface area contributed by atoms with Gasteiger partial charge in [-0.2, -0.15) is 0 Å². The van der Waals surface area contributed by atoms with Crippen LogP contribution in [0.1, 0.15) is 68.2 Å². The summed E-state index contributed by atoms with van der Waals surface area (Å²) in [6.07, 6.45) is 2.58. The Bertz CT molecular complexity index is 336. The van der Waals surface area contributed by atoms with Gasteiger partial charge in [-0.15, -0.1) is 0 Å². The highest BCUT2D eigenvalue weighted by atomic mass is 16.3. The zero-order chi connectivity index (χ0) is 14.8. The highest BCUT2D eigenvalue weighted by molar-refractivity contribution is 5.09. The summed E-state index contributed by atoms with van der Waals surface area (Å²) in [6.45, 7) is 18.5. The topological polar surface area (TPSA) is 20.2 Å². The predicted octanol–water partition coefficient (Wildman–Crippen LogP) is 4.74. The van der Waals surface area contributed by atoms with Crippen LogP contribution in [0.25, 0.3) is 0 Å². The van der Waals surface area contributed by atoms with E-state index in [1.54, 1.807) is 0 Å². The van der Waals surface area contributed by atoms with Gasteiger partial charge in [0.05, 0.1) is 5.60 Å². The SMILES string of the molecule is CC(C)(C)C1C2CC(C1C(C)(C)C)C(C(C)(C)O)C2. The Labute approximate surface area is 120 Å². The first-order valence-corrected chi connectivity index (χ1v) is 8.06. The van der Waals surface area contributed by atoms with Gasteiger partial charge in [0, 0.05) is 0 Å². The van der Waals surface area contributed by atoms with Gasteiger partial charge in [-0.1, -0.05) is 41.5 Å². The quantitative estimate of drug-likeness (QED) is 0.727. The van der Waals surface area contributed by atoms with E-state index in [0.717, 1.165) is 17.8 Å². The maximum Gasteiger partial charge on any atom is 0.0622 e. The van der Waals surface area contributed by atoms with Crippen LogP contribution in [0.3, 0.4) is 0 Å². The monoisotopic (exact) mass is 266 g/mol. The van der Waals surface area contributed by atoms with Gasteiger partial charge in [0.1, 0.15) is 0 Å². The van der Waals surface area contributed by atoms with E-state index < -0.39 is 5.60 Å². The van der Waals surface area contributed by atoms with Gasteiger partial charge in [0.2, 0.25) is 0 Å². The Morgan fingerprint density at radius 2 is 1.21 bits per heavy atom. The van der Waals surface area contributed by atoms with E-state index in [-0.39, 0.29) is 0 Å². The largest absolute Gasteiger partial charge is 0.390 e. The van der Waals surface area contributed by atoms with Crippen molar-refractivity contribution in [3.8, 4) is 0 Å². The van der Waals surface area contributed by atoms with Crippen molar-refractivity contribution in [2.24, 2.45) is 40.4 Å².